The third kappa shape index (κ3) is 6.00. The molecule has 0 aliphatic carbocycles. The highest BCUT2D eigenvalue weighted by molar-refractivity contribution is 5.81. The summed E-state index contributed by atoms with van der Waals surface area (Å²) in [5.74, 6) is -0.335. The first kappa shape index (κ1) is 15.0. The van der Waals surface area contributed by atoms with Gasteiger partial charge in [-0.25, -0.2) is 0 Å². The van der Waals surface area contributed by atoms with Gasteiger partial charge in [0.2, 0.25) is 5.91 Å². The molecule has 1 amide bonds. The number of carbonyl (C=O) groups is 2. The van der Waals surface area contributed by atoms with Crippen molar-refractivity contribution in [3.63, 3.8) is 0 Å². The largest absolute Gasteiger partial charge is 0.481 e. The molecule has 0 aromatic carbocycles. The molecule has 0 saturated carbocycles. The van der Waals surface area contributed by atoms with Crippen LogP contribution in [0.5, 0.6) is 0 Å². The number of carbonyl (C=O) groups excluding carboxylic acids is 1. The van der Waals surface area contributed by atoms with E-state index in [1.165, 1.54) is 0 Å². The van der Waals surface area contributed by atoms with Gasteiger partial charge in [0, 0.05) is 13.0 Å². The highest BCUT2D eigenvalue weighted by Gasteiger charge is 2.19. The van der Waals surface area contributed by atoms with Gasteiger partial charge in [-0.3, -0.25) is 9.59 Å². The molecule has 104 valence electrons. The number of carboxylic acid groups (broad SMARTS) is 1. The number of aliphatic carboxylic acids is 1. The normalized spacial score (nSPS) is 21.3. The second kappa shape index (κ2) is 8.08. The SMILES string of the molecule is CC(CCNC(=O)[C@H]1CCCCN1)CCC(=O)O. The number of carboxylic acids is 1. The van der Waals surface area contributed by atoms with Gasteiger partial charge in [-0.15, -0.1) is 0 Å². The molecule has 1 rings (SSSR count). The standard InChI is InChI=1S/C13H24N2O3/c1-10(5-6-12(16)17)7-9-15-13(18)11-4-2-3-8-14-11/h10-11,14H,2-9H2,1H3,(H,15,18)(H,16,17)/t10?,11-/m1/s1. The molecule has 1 heterocycles. The molecule has 0 bridgehead atoms. The summed E-state index contributed by atoms with van der Waals surface area (Å²) < 4.78 is 0. The Kier molecular flexibility index (Phi) is 6.72. The summed E-state index contributed by atoms with van der Waals surface area (Å²) in [6.45, 7) is 3.58. The van der Waals surface area contributed by atoms with Crippen LogP contribution in [0.1, 0.15) is 45.4 Å². The van der Waals surface area contributed by atoms with Crippen molar-refractivity contribution in [2.24, 2.45) is 5.92 Å². The van der Waals surface area contributed by atoms with Gasteiger partial charge >= 0.3 is 5.97 Å². The molecule has 0 spiro atoms. The van der Waals surface area contributed by atoms with Crippen molar-refractivity contribution < 1.29 is 14.7 Å². The lowest BCUT2D eigenvalue weighted by Crippen LogP contribution is -2.46. The predicted molar refractivity (Wildman–Crippen MR) is 69.3 cm³/mol. The third-order valence-corrected chi connectivity index (χ3v) is 3.41. The molecule has 0 aromatic heterocycles. The first-order valence-electron chi connectivity index (χ1n) is 6.82. The molecule has 1 aliphatic heterocycles. The van der Waals surface area contributed by atoms with E-state index in [1.54, 1.807) is 0 Å². The van der Waals surface area contributed by atoms with Crippen molar-refractivity contribution in [3.05, 3.63) is 0 Å². The molecule has 2 atom stereocenters. The molecule has 0 aromatic rings. The lowest BCUT2D eigenvalue weighted by Gasteiger charge is -2.22. The van der Waals surface area contributed by atoms with E-state index in [4.69, 9.17) is 5.11 Å². The molecular formula is C13H24N2O3. The molecule has 3 N–H and O–H groups in total. The average molecular weight is 256 g/mol. The fourth-order valence-electron chi connectivity index (χ4n) is 2.15. The fourth-order valence-corrected chi connectivity index (χ4v) is 2.15. The van der Waals surface area contributed by atoms with Crippen LogP contribution in [0.4, 0.5) is 0 Å². The van der Waals surface area contributed by atoms with Crippen LogP contribution in [-0.4, -0.2) is 36.1 Å². The maximum absolute atomic E-state index is 11.8. The number of amides is 1. The molecule has 1 saturated heterocycles. The van der Waals surface area contributed by atoms with E-state index in [9.17, 15) is 9.59 Å². The quantitative estimate of drug-likeness (QED) is 0.638. The van der Waals surface area contributed by atoms with Crippen molar-refractivity contribution in [1.29, 1.82) is 0 Å². The molecule has 1 aliphatic rings. The predicted octanol–water partition coefficient (Wildman–Crippen LogP) is 1.14. The van der Waals surface area contributed by atoms with Crippen molar-refractivity contribution in [2.75, 3.05) is 13.1 Å². The zero-order valence-corrected chi connectivity index (χ0v) is 11.1. The topological polar surface area (TPSA) is 78.4 Å². The number of piperidine rings is 1. The molecule has 5 nitrogen and oxygen atoms in total. The summed E-state index contributed by atoms with van der Waals surface area (Å²) in [7, 11) is 0. The molecule has 5 heteroatoms. The Bertz CT molecular complexity index is 275. The molecule has 0 radical (unpaired) electrons. The van der Waals surface area contributed by atoms with Gasteiger partial charge in [-0.05, 0) is 38.1 Å². The van der Waals surface area contributed by atoms with Crippen LogP contribution in [0.2, 0.25) is 0 Å². The van der Waals surface area contributed by atoms with E-state index in [1.807, 2.05) is 6.92 Å². The lowest BCUT2D eigenvalue weighted by atomic mass is 10.0. The Morgan fingerprint density at radius 1 is 1.39 bits per heavy atom. The summed E-state index contributed by atoms with van der Waals surface area (Å²) >= 11 is 0. The van der Waals surface area contributed by atoms with E-state index < -0.39 is 5.97 Å². The number of hydrogen-bond donors (Lipinski definition) is 3. The van der Waals surface area contributed by atoms with E-state index in [2.05, 4.69) is 10.6 Å². The van der Waals surface area contributed by atoms with E-state index in [0.717, 1.165) is 32.2 Å². The van der Waals surface area contributed by atoms with Gasteiger partial charge in [-0.1, -0.05) is 13.3 Å². The molecule has 1 fully saturated rings. The Labute approximate surface area is 108 Å². The molecular weight excluding hydrogens is 232 g/mol. The first-order chi connectivity index (χ1) is 8.59. The van der Waals surface area contributed by atoms with Gasteiger partial charge < -0.3 is 15.7 Å². The second-order valence-corrected chi connectivity index (χ2v) is 5.12. The van der Waals surface area contributed by atoms with Crippen LogP contribution in [0, 0.1) is 5.92 Å². The van der Waals surface area contributed by atoms with Gasteiger partial charge in [0.05, 0.1) is 6.04 Å². The molecule has 18 heavy (non-hydrogen) atoms. The Balaban J connectivity index is 2.08. The Morgan fingerprint density at radius 3 is 2.78 bits per heavy atom. The average Bonchev–Trinajstić information content (AvgIpc) is 2.37. The maximum atomic E-state index is 11.8. The van der Waals surface area contributed by atoms with E-state index in [0.29, 0.717) is 18.9 Å². The van der Waals surface area contributed by atoms with Crippen molar-refractivity contribution in [2.45, 2.75) is 51.5 Å². The van der Waals surface area contributed by atoms with Crippen LogP contribution in [0.3, 0.4) is 0 Å². The van der Waals surface area contributed by atoms with Crippen molar-refractivity contribution >= 4 is 11.9 Å². The number of rotatable bonds is 7. The fraction of sp³-hybridized carbons (Fsp3) is 0.846. The second-order valence-electron chi connectivity index (χ2n) is 5.12. The Morgan fingerprint density at radius 2 is 2.17 bits per heavy atom. The molecule has 1 unspecified atom stereocenters. The van der Waals surface area contributed by atoms with Crippen LogP contribution in [0.15, 0.2) is 0 Å². The van der Waals surface area contributed by atoms with Crippen LogP contribution < -0.4 is 10.6 Å². The van der Waals surface area contributed by atoms with Crippen LogP contribution in [-0.2, 0) is 9.59 Å². The van der Waals surface area contributed by atoms with Crippen LogP contribution >= 0.6 is 0 Å². The number of nitrogens with one attached hydrogen (secondary N) is 2. The zero-order valence-electron chi connectivity index (χ0n) is 11.1. The summed E-state index contributed by atoms with van der Waals surface area (Å²) in [6.07, 6.45) is 4.90. The van der Waals surface area contributed by atoms with Gasteiger partial charge in [0.1, 0.15) is 0 Å². The van der Waals surface area contributed by atoms with Crippen molar-refractivity contribution in [1.82, 2.24) is 10.6 Å². The minimum Gasteiger partial charge on any atom is -0.481 e. The minimum atomic E-state index is -0.753. The summed E-state index contributed by atoms with van der Waals surface area (Å²) in [4.78, 5) is 22.2. The van der Waals surface area contributed by atoms with Crippen molar-refractivity contribution in [3.8, 4) is 0 Å². The summed E-state index contributed by atoms with van der Waals surface area (Å²) in [5.41, 5.74) is 0. The smallest absolute Gasteiger partial charge is 0.303 e. The van der Waals surface area contributed by atoms with Crippen LogP contribution in [0.25, 0.3) is 0 Å². The van der Waals surface area contributed by atoms with E-state index >= 15 is 0 Å². The third-order valence-electron chi connectivity index (χ3n) is 3.41. The maximum Gasteiger partial charge on any atom is 0.303 e. The monoisotopic (exact) mass is 256 g/mol. The highest BCUT2D eigenvalue weighted by Crippen LogP contribution is 2.10. The van der Waals surface area contributed by atoms with E-state index in [-0.39, 0.29) is 18.4 Å². The zero-order chi connectivity index (χ0) is 13.4. The Hall–Kier alpha value is -1.10. The highest BCUT2D eigenvalue weighted by atomic mass is 16.4. The van der Waals surface area contributed by atoms with Gasteiger partial charge in [-0.2, -0.15) is 0 Å². The lowest BCUT2D eigenvalue weighted by molar-refractivity contribution is -0.137. The van der Waals surface area contributed by atoms with Gasteiger partial charge in [0.25, 0.3) is 0 Å². The first-order valence-corrected chi connectivity index (χ1v) is 6.82. The summed E-state index contributed by atoms with van der Waals surface area (Å²) in [5, 5.41) is 14.7. The minimum absolute atomic E-state index is 0.0342. The summed E-state index contributed by atoms with van der Waals surface area (Å²) in [6, 6.07) is -0.0342. The number of hydrogen-bond acceptors (Lipinski definition) is 3. The van der Waals surface area contributed by atoms with Gasteiger partial charge in [0.15, 0.2) is 0 Å².